The average Bonchev–Trinajstić information content (AvgIpc) is 2.53. The molecule has 116 valence electrons. The summed E-state index contributed by atoms with van der Waals surface area (Å²) in [6, 6.07) is 9.44. The molecule has 0 saturated carbocycles. The van der Waals surface area contributed by atoms with E-state index in [1.807, 2.05) is 24.3 Å². The first-order valence-corrected chi connectivity index (χ1v) is 8.57. The molecule has 0 amide bonds. The van der Waals surface area contributed by atoms with Crippen molar-refractivity contribution < 1.29 is 8.42 Å². The number of aromatic nitrogens is 2. The highest BCUT2D eigenvalue weighted by Gasteiger charge is 2.50. The molecule has 7 heteroatoms. The summed E-state index contributed by atoms with van der Waals surface area (Å²) in [5.41, 5.74) is 2.05. The number of nitrogens with two attached hydrogens (primary N) is 1. The Morgan fingerprint density at radius 1 is 1.23 bits per heavy atom. The molecule has 2 atom stereocenters. The minimum Gasteiger partial charge on any atom is -0.312 e. The molecule has 3 rings (SSSR count). The van der Waals surface area contributed by atoms with Crippen molar-refractivity contribution in [1.82, 2.24) is 15.3 Å². The Bertz CT molecular complexity index is 779. The summed E-state index contributed by atoms with van der Waals surface area (Å²) in [4.78, 5) is 8.33. The highest BCUT2D eigenvalue weighted by Crippen LogP contribution is 2.42. The number of hydrogen-bond donors (Lipinski definition) is 2. The molecular weight excluding hydrogens is 300 g/mol. The highest BCUT2D eigenvalue weighted by molar-refractivity contribution is 7.90. The molecule has 3 N–H and O–H groups in total. The number of hydrogen-bond acceptors (Lipinski definition) is 5. The van der Waals surface area contributed by atoms with E-state index in [9.17, 15) is 8.42 Å². The van der Waals surface area contributed by atoms with E-state index >= 15 is 0 Å². The van der Waals surface area contributed by atoms with Crippen LogP contribution in [0.3, 0.4) is 0 Å². The molecule has 6 nitrogen and oxygen atoms in total. The van der Waals surface area contributed by atoms with E-state index in [4.69, 9.17) is 5.14 Å². The van der Waals surface area contributed by atoms with Crippen molar-refractivity contribution in [1.29, 1.82) is 0 Å². The van der Waals surface area contributed by atoms with Gasteiger partial charge in [-0.05, 0) is 24.1 Å². The van der Waals surface area contributed by atoms with Gasteiger partial charge in [0, 0.05) is 31.4 Å². The number of benzene rings is 1. The summed E-state index contributed by atoms with van der Waals surface area (Å²) in [5, 5.41) is 8.86. The lowest BCUT2D eigenvalue weighted by molar-refractivity contribution is 0.411. The maximum absolute atomic E-state index is 12.4. The second-order valence-corrected chi connectivity index (χ2v) is 7.54. The first-order valence-electron chi connectivity index (χ1n) is 7.03. The normalized spacial score (nSPS) is 20.9. The summed E-state index contributed by atoms with van der Waals surface area (Å²) in [5.74, 6) is -0.129. The van der Waals surface area contributed by atoms with Gasteiger partial charge in [-0.15, -0.1) is 0 Å². The van der Waals surface area contributed by atoms with Gasteiger partial charge in [-0.25, -0.2) is 23.5 Å². The van der Waals surface area contributed by atoms with Crippen LogP contribution in [0.25, 0.3) is 0 Å². The molecule has 0 saturated heterocycles. The first kappa shape index (κ1) is 15.1. The lowest BCUT2D eigenvalue weighted by Gasteiger charge is -2.38. The Hall–Kier alpha value is -1.83. The third kappa shape index (κ3) is 2.31. The molecular formula is C15H18N4O2S. The van der Waals surface area contributed by atoms with Crippen LogP contribution in [0.2, 0.25) is 0 Å². The summed E-state index contributed by atoms with van der Waals surface area (Å²) >= 11 is 0. The monoisotopic (exact) mass is 318 g/mol. The van der Waals surface area contributed by atoms with Gasteiger partial charge in [0.05, 0.1) is 0 Å². The molecule has 1 aromatic heterocycles. The van der Waals surface area contributed by atoms with Crippen LogP contribution in [-0.2, 0) is 21.3 Å². The number of nitrogens with one attached hydrogen (secondary N) is 1. The Labute approximate surface area is 129 Å². The van der Waals surface area contributed by atoms with Crippen LogP contribution in [-0.4, -0.2) is 24.9 Å². The molecule has 1 aliphatic rings. The number of nitrogens with zero attached hydrogens (tertiary/aromatic N) is 2. The second-order valence-electron chi connectivity index (χ2n) is 5.61. The Balaban J connectivity index is 2.22. The molecule has 1 aromatic carbocycles. The zero-order chi connectivity index (χ0) is 15.8. The fraction of sp³-hybridized carbons (Fsp3) is 0.333. The minimum absolute atomic E-state index is 0.223. The van der Waals surface area contributed by atoms with E-state index in [2.05, 4.69) is 15.3 Å². The third-order valence-corrected chi connectivity index (χ3v) is 6.01. The van der Waals surface area contributed by atoms with Gasteiger partial charge in [-0.2, -0.15) is 0 Å². The van der Waals surface area contributed by atoms with Crippen LogP contribution in [0.15, 0.2) is 42.7 Å². The van der Waals surface area contributed by atoms with Crippen LogP contribution in [0.1, 0.15) is 29.8 Å². The fourth-order valence-electron chi connectivity index (χ4n) is 3.02. The number of fused-ring (bicyclic) bond motifs is 1. The number of sulfonamides is 1. The maximum atomic E-state index is 12.4. The van der Waals surface area contributed by atoms with Crippen LogP contribution < -0.4 is 10.5 Å². The summed E-state index contributed by atoms with van der Waals surface area (Å²) < 4.78 is 23.5. The number of primary sulfonamides is 1. The van der Waals surface area contributed by atoms with Crippen LogP contribution in [0.4, 0.5) is 0 Å². The Kier molecular flexibility index (Phi) is 3.72. The van der Waals surface area contributed by atoms with Crippen molar-refractivity contribution in [2.24, 2.45) is 5.14 Å². The second kappa shape index (κ2) is 5.42. The molecule has 0 aliphatic carbocycles. The van der Waals surface area contributed by atoms with E-state index in [0.717, 1.165) is 11.1 Å². The number of rotatable bonds is 3. The van der Waals surface area contributed by atoms with Crippen molar-refractivity contribution in [2.75, 3.05) is 6.54 Å². The van der Waals surface area contributed by atoms with Crippen molar-refractivity contribution in [3.63, 3.8) is 0 Å². The van der Waals surface area contributed by atoms with Crippen molar-refractivity contribution >= 4 is 10.0 Å². The zero-order valence-electron chi connectivity index (χ0n) is 12.2. The van der Waals surface area contributed by atoms with Crippen molar-refractivity contribution in [3.05, 3.63) is 59.7 Å². The predicted octanol–water partition coefficient (Wildman–Crippen LogP) is 0.867. The third-order valence-electron chi connectivity index (χ3n) is 4.36. The minimum atomic E-state index is -3.92. The zero-order valence-corrected chi connectivity index (χ0v) is 13.0. The molecule has 2 unspecified atom stereocenters. The lowest BCUT2D eigenvalue weighted by atomic mass is 9.81. The quantitative estimate of drug-likeness (QED) is 0.875. The molecule has 0 fully saturated rings. The van der Waals surface area contributed by atoms with E-state index in [0.29, 0.717) is 13.1 Å². The smallest absolute Gasteiger partial charge is 0.222 e. The average molecular weight is 318 g/mol. The topological polar surface area (TPSA) is 98.0 Å². The van der Waals surface area contributed by atoms with Gasteiger partial charge in [-0.1, -0.05) is 24.3 Å². The fourth-order valence-corrected chi connectivity index (χ4v) is 3.99. The van der Waals surface area contributed by atoms with Gasteiger partial charge in [-0.3, -0.25) is 0 Å². The van der Waals surface area contributed by atoms with Gasteiger partial charge in [0.2, 0.25) is 10.0 Å². The van der Waals surface area contributed by atoms with Gasteiger partial charge < -0.3 is 5.32 Å². The Morgan fingerprint density at radius 2 is 1.91 bits per heavy atom. The predicted molar refractivity (Wildman–Crippen MR) is 83.4 cm³/mol. The lowest BCUT2D eigenvalue weighted by Crippen LogP contribution is -2.49. The van der Waals surface area contributed by atoms with Gasteiger partial charge >= 0.3 is 0 Å². The van der Waals surface area contributed by atoms with E-state index in [1.165, 1.54) is 12.4 Å². The van der Waals surface area contributed by atoms with Crippen molar-refractivity contribution in [2.45, 2.75) is 24.1 Å². The van der Waals surface area contributed by atoms with E-state index in [1.54, 1.807) is 13.0 Å². The summed E-state index contributed by atoms with van der Waals surface area (Å²) in [6.07, 6.45) is 3.07. The largest absolute Gasteiger partial charge is 0.312 e. The summed E-state index contributed by atoms with van der Waals surface area (Å²) in [7, 11) is -3.92. The molecule has 0 bridgehead atoms. The Morgan fingerprint density at radius 3 is 2.59 bits per heavy atom. The molecule has 0 radical (unpaired) electrons. The molecule has 22 heavy (non-hydrogen) atoms. The molecule has 1 aliphatic heterocycles. The van der Waals surface area contributed by atoms with E-state index in [-0.39, 0.29) is 11.7 Å². The molecule has 2 aromatic rings. The van der Waals surface area contributed by atoms with Gasteiger partial charge in [0.15, 0.2) is 10.6 Å². The van der Waals surface area contributed by atoms with E-state index < -0.39 is 14.8 Å². The molecule has 2 heterocycles. The summed E-state index contributed by atoms with van der Waals surface area (Å²) in [6.45, 7) is 2.82. The highest BCUT2D eigenvalue weighted by atomic mass is 32.2. The SMILES string of the molecule is CC(c1ncccn1)(C1CNCc2ccccc21)S(N)(=O)=O. The first-order chi connectivity index (χ1) is 10.4. The van der Waals surface area contributed by atoms with Crippen LogP contribution >= 0.6 is 0 Å². The molecule has 0 spiro atoms. The van der Waals surface area contributed by atoms with Gasteiger partial charge in [0.25, 0.3) is 0 Å². The van der Waals surface area contributed by atoms with Gasteiger partial charge in [0.1, 0.15) is 0 Å². The van der Waals surface area contributed by atoms with Crippen LogP contribution in [0.5, 0.6) is 0 Å². The van der Waals surface area contributed by atoms with Crippen LogP contribution in [0, 0.1) is 0 Å². The standard InChI is InChI=1S/C15H18N4O2S/c1-15(22(16,20)21,14-18-7-4-8-19-14)13-10-17-9-11-5-2-3-6-12(11)13/h2-8,13,17H,9-10H2,1H3,(H2,16,20,21). The van der Waals surface area contributed by atoms with Crippen molar-refractivity contribution in [3.8, 4) is 0 Å². The maximum Gasteiger partial charge on any atom is 0.222 e.